The summed E-state index contributed by atoms with van der Waals surface area (Å²) in [6.45, 7) is -0.0598. The van der Waals surface area contributed by atoms with E-state index in [1.54, 1.807) is 12.1 Å². The topological polar surface area (TPSA) is 94.7 Å². The highest BCUT2D eigenvalue weighted by molar-refractivity contribution is 7.32. The molecule has 1 atom stereocenters. The van der Waals surface area contributed by atoms with E-state index >= 15 is 0 Å². The maximum Gasteiger partial charge on any atom is 0.316 e. The summed E-state index contributed by atoms with van der Waals surface area (Å²) in [6.07, 6.45) is 0. The molecule has 0 fully saturated rings. The van der Waals surface area contributed by atoms with E-state index in [4.69, 9.17) is 15.4 Å². The van der Waals surface area contributed by atoms with Crippen molar-refractivity contribution >= 4 is 14.1 Å². The monoisotopic (exact) mass is 218 g/mol. The van der Waals surface area contributed by atoms with Crippen molar-refractivity contribution in [2.45, 2.75) is 6.61 Å². The molecular weight excluding hydrogens is 207 g/mol. The number of anilines is 1. The minimum Gasteiger partial charge on any atom is -0.497 e. The van der Waals surface area contributed by atoms with Gasteiger partial charge in [-0.05, 0) is 0 Å². The quantitative estimate of drug-likeness (QED) is 0.717. The highest BCUT2D eigenvalue weighted by Crippen LogP contribution is 2.20. The van der Waals surface area contributed by atoms with Crippen molar-refractivity contribution < 1.29 is 18.7 Å². The maximum atomic E-state index is 10.3. The molecule has 0 spiro atoms. The molecule has 1 aromatic rings. The lowest BCUT2D eigenvalue weighted by molar-refractivity contribution is 0.268. The van der Waals surface area contributed by atoms with Gasteiger partial charge in [-0.15, -0.1) is 0 Å². The Morgan fingerprint density at radius 2 is 2.36 bits per heavy atom. The number of nitrogens with two attached hydrogens (primary N) is 1. The summed E-state index contributed by atoms with van der Waals surface area (Å²) >= 11 is 0. The standard InChI is InChI=1S/C7H11N2O4P/c1-12-6-2-5(4-13-14(10)11)9-7(8)3-6/h2-3,14H,4H2,1H3,(H2,8,9)(H,10,11). The third-order valence-electron chi connectivity index (χ3n) is 1.45. The van der Waals surface area contributed by atoms with Gasteiger partial charge < -0.3 is 19.9 Å². The molecule has 1 unspecified atom stereocenters. The van der Waals surface area contributed by atoms with E-state index < -0.39 is 8.25 Å². The van der Waals surface area contributed by atoms with Crippen LogP contribution in [0.4, 0.5) is 5.82 Å². The Labute approximate surface area is 81.6 Å². The molecule has 0 amide bonds. The third kappa shape index (κ3) is 3.33. The summed E-state index contributed by atoms with van der Waals surface area (Å²) in [4.78, 5) is 12.3. The number of hydrogen-bond acceptors (Lipinski definition) is 5. The molecule has 7 heteroatoms. The highest BCUT2D eigenvalue weighted by atomic mass is 31.1. The zero-order chi connectivity index (χ0) is 10.6. The highest BCUT2D eigenvalue weighted by Gasteiger charge is 2.02. The molecule has 0 saturated heterocycles. The van der Waals surface area contributed by atoms with Crippen LogP contribution in [-0.4, -0.2) is 17.0 Å². The van der Waals surface area contributed by atoms with Gasteiger partial charge in [0.25, 0.3) is 0 Å². The first-order valence-electron chi connectivity index (χ1n) is 3.78. The van der Waals surface area contributed by atoms with E-state index in [9.17, 15) is 4.57 Å². The number of pyridine rings is 1. The molecule has 3 N–H and O–H groups in total. The van der Waals surface area contributed by atoms with Gasteiger partial charge in [0, 0.05) is 12.1 Å². The van der Waals surface area contributed by atoms with Crippen molar-refractivity contribution in [3.8, 4) is 5.75 Å². The number of hydrogen-bond donors (Lipinski definition) is 2. The van der Waals surface area contributed by atoms with Gasteiger partial charge in [0.05, 0.1) is 19.4 Å². The number of nitrogen functional groups attached to an aromatic ring is 1. The number of methoxy groups -OCH3 is 1. The molecular formula is C7H11N2O4P. The number of rotatable bonds is 4. The summed E-state index contributed by atoms with van der Waals surface area (Å²) in [7, 11) is -1.44. The minimum absolute atomic E-state index is 0.0598. The second kappa shape index (κ2) is 4.95. The smallest absolute Gasteiger partial charge is 0.316 e. The Morgan fingerprint density at radius 3 is 2.93 bits per heavy atom. The van der Waals surface area contributed by atoms with Gasteiger partial charge in [-0.1, -0.05) is 0 Å². The summed E-state index contributed by atoms with van der Waals surface area (Å²) < 4.78 is 19.7. The van der Waals surface area contributed by atoms with Crippen LogP contribution in [0.25, 0.3) is 0 Å². The fraction of sp³-hybridized carbons (Fsp3) is 0.286. The SMILES string of the molecule is COc1cc(N)nc(CO[PH](=O)O)c1. The average molecular weight is 218 g/mol. The van der Waals surface area contributed by atoms with Crippen molar-refractivity contribution in [1.82, 2.24) is 4.98 Å². The van der Waals surface area contributed by atoms with Gasteiger partial charge in [0.1, 0.15) is 11.6 Å². The summed E-state index contributed by atoms with van der Waals surface area (Å²) in [5.74, 6) is 0.814. The fourth-order valence-corrected chi connectivity index (χ4v) is 1.18. The Balaban J connectivity index is 2.76. The first-order chi connectivity index (χ1) is 6.61. The molecule has 0 aliphatic rings. The van der Waals surface area contributed by atoms with Crippen LogP contribution in [0.3, 0.4) is 0 Å². The normalized spacial score (nSPS) is 12.4. The molecule has 0 aliphatic heterocycles. The van der Waals surface area contributed by atoms with Crippen molar-refractivity contribution in [3.63, 3.8) is 0 Å². The molecule has 0 aliphatic carbocycles. The van der Waals surface area contributed by atoms with E-state index in [0.29, 0.717) is 11.4 Å². The van der Waals surface area contributed by atoms with Crippen molar-refractivity contribution in [2.75, 3.05) is 12.8 Å². The predicted octanol–water partition coefficient (Wildman–Crippen LogP) is 0.571. The third-order valence-corrected chi connectivity index (χ3v) is 1.84. The summed E-state index contributed by atoms with van der Waals surface area (Å²) in [5.41, 5.74) is 5.92. The number of nitrogens with zero attached hydrogens (tertiary/aromatic N) is 1. The van der Waals surface area contributed by atoms with E-state index in [0.717, 1.165) is 0 Å². The largest absolute Gasteiger partial charge is 0.497 e. The Kier molecular flexibility index (Phi) is 3.88. The van der Waals surface area contributed by atoms with Crippen molar-refractivity contribution in [3.05, 3.63) is 17.8 Å². The molecule has 14 heavy (non-hydrogen) atoms. The van der Waals surface area contributed by atoms with E-state index in [-0.39, 0.29) is 12.4 Å². The molecule has 0 bridgehead atoms. The summed E-state index contributed by atoms with van der Waals surface area (Å²) in [6, 6.07) is 3.13. The van der Waals surface area contributed by atoms with Crippen molar-refractivity contribution in [2.24, 2.45) is 0 Å². The van der Waals surface area contributed by atoms with Crippen LogP contribution >= 0.6 is 8.25 Å². The molecule has 6 nitrogen and oxygen atoms in total. The van der Waals surface area contributed by atoms with Crippen LogP contribution in [0.1, 0.15) is 5.69 Å². The molecule has 1 rings (SSSR count). The lowest BCUT2D eigenvalue weighted by Gasteiger charge is -2.04. The van der Waals surface area contributed by atoms with Crippen LogP contribution in [-0.2, 0) is 15.7 Å². The van der Waals surface area contributed by atoms with Crippen LogP contribution in [0.2, 0.25) is 0 Å². The fourth-order valence-electron chi connectivity index (χ4n) is 0.909. The number of aromatic nitrogens is 1. The van der Waals surface area contributed by atoms with Gasteiger partial charge in [0.2, 0.25) is 0 Å². The molecule has 78 valence electrons. The van der Waals surface area contributed by atoms with E-state index in [1.807, 2.05) is 0 Å². The molecule has 0 radical (unpaired) electrons. The zero-order valence-corrected chi connectivity index (χ0v) is 8.56. The minimum atomic E-state index is -2.94. The van der Waals surface area contributed by atoms with Gasteiger partial charge >= 0.3 is 8.25 Å². The first kappa shape index (κ1) is 11.0. The zero-order valence-electron chi connectivity index (χ0n) is 7.56. The van der Waals surface area contributed by atoms with E-state index in [1.165, 1.54) is 7.11 Å². The second-order valence-corrected chi connectivity index (χ2v) is 3.30. The van der Waals surface area contributed by atoms with Crippen LogP contribution < -0.4 is 10.5 Å². The van der Waals surface area contributed by atoms with Crippen LogP contribution in [0.15, 0.2) is 12.1 Å². The lowest BCUT2D eigenvalue weighted by atomic mass is 10.3. The number of ether oxygens (including phenoxy) is 1. The maximum absolute atomic E-state index is 10.3. The predicted molar refractivity (Wildman–Crippen MR) is 51.2 cm³/mol. The molecule has 0 saturated carbocycles. The van der Waals surface area contributed by atoms with E-state index in [2.05, 4.69) is 9.51 Å². The Bertz CT molecular complexity index is 344. The second-order valence-electron chi connectivity index (χ2n) is 2.48. The summed E-state index contributed by atoms with van der Waals surface area (Å²) in [5, 5.41) is 0. The Hall–Kier alpha value is -1.10. The van der Waals surface area contributed by atoms with Crippen LogP contribution in [0, 0.1) is 0 Å². The molecule has 1 aromatic heterocycles. The average Bonchev–Trinajstić information content (AvgIpc) is 2.14. The van der Waals surface area contributed by atoms with Gasteiger partial charge in [0.15, 0.2) is 0 Å². The lowest BCUT2D eigenvalue weighted by Crippen LogP contribution is -1.98. The molecule has 1 heterocycles. The molecule has 0 aromatic carbocycles. The van der Waals surface area contributed by atoms with Crippen molar-refractivity contribution in [1.29, 1.82) is 0 Å². The van der Waals surface area contributed by atoms with Gasteiger partial charge in [-0.25, -0.2) is 4.98 Å². The van der Waals surface area contributed by atoms with Gasteiger partial charge in [-0.2, -0.15) is 0 Å². The Morgan fingerprint density at radius 1 is 1.64 bits per heavy atom. The first-order valence-corrected chi connectivity index (χ1v) is 5.04. The van der Waals surface area contributed by atoms with Crippen LogP contribution in [0.5, 0.6) is 5.75 Å². The van der Waals surface area contributed by atoms with Gasteiger partial charge in [-0.3, -0.25) is 4.57 Å².